The van der Waals surface area contributed by atoms with E-state index < -0.39 is 0 Å². The molecule has 0 bridgehead atoms. The lowest BCUT2D eigenvalue weighted by Crippen LogP contribution is -2.29. The Hall–Kier alpha value is -4.69. The zero-order valence-corrected chi connectivity index (χ0v) is 28.8. The van der Waals surface area contributed by atoms with Crippen LogP contribution in [0.25, 0.3) is 21.9 Å². The lowest BCUT2D eigenvalue weighted by molar-refractivity contribution is -0.437. The number of likely N-dealkylation sites (N-methyl/N-ethyl adjacent to an activating group) is 1. The number of nitrogens with zero attached hydrogens (tertiary/aromatic N) is 2. The maximum Gasteiger partial charge on any atom is 0.217 e. The fraction of sp³-hybridized carbons (Fsp3) is 0.267. The molecule has 47 heavy (non-hydrogen) atoms. The molecule has 2 heterocycles. The molecule has 0 N–H and O–H groups in total. The van der Waals surface area contributed by atoms with Gasteiger partial charge in [-0.2, -0.15) is 4.58 Å². The van der Waals surface area contributed by atoms with Crippen molar-refractivity contribution in [3.05, 3.63) is 156 Å². The second-order valence-corrected chi connectivity index (χ2v) is 14.6. The van der Waals surface area contributed by atoms with Crippen LogP contribution < -0.4 is 4.90 Å². The topological polar surface area (TPSA) is 6.25 Å². The first-order valence-corrected chi connectivity index (χ1v) is 17.2. The number of rotatable bonds is 8. The Kier molecular flexibility index (Phi) is 8.00. The quantitative estimate of drug-likeness (QED) is 0.157. The zero-order chi connectivity index (χ0) is 32.8. The largest absolute Gasteiger partial charge is 0.347 e. The van der Waals surface area contributed by atoms with Crippen molar-refractivity contribution in [1.82, 2.24) is 0 Å². The van der Waals surface area contributed by atoms with Gasteiger partial charge in [0.1, 0.15) is 6.54 Å². The summed E-state index contributed by atoms with van der Waals surface area (Å²) in [7, 11) is 2.24. The molecular formula is C45H47N2+. The first kappa shape index (κ1) is 30.9. The highest BCUT2D eigenvalue weighted by molar-refractivity contribution is 6.07. The molecule has 236 valence electrons. The Bertz CT molecular complexity index is 2030. The molecule has 7 rings (SSSR count). The molecule has 0 aromatic heterocycles. The molecule has 1 atom stereocenters. The van der Waals surface area contributed by atoms with E-state index in [1.54, 1.807) is 0 Å². The van der Waals surface area contributed by atoms with E-state index in [-0.39, 0.29) is 10.8 Å². The fourth-order valence-electron chi connectivity index (χ4n) is 8.00. The van der Waals surface area contributed by atoms with Crippen LogP contribution in [0.5, 0.6) is 0 Å². The van der Waals surface area contributed by atoms with Crippen LogP contribution in [-0.2, 0) is 17.3 Å². The smallest absolute Gasteiger partial charge is 0.217 e. The Morgan fingerprint density at radius 2 is 1.45 bits per heavy atom. The van der Waals surface area contributed by atoms with Gasteiger partial charge in [0, 0.05) is 41.9 Å². The molecule has 0 amide bonds. The summed E-state index contributed by atoms with van der Waals surface area (Å²) in [5.41, 5.74) is 11.7. The number of fused-ring (bicyclic) bond motifs is 4. The molecule has 2 aliphatic heterocycles. The van der Waals surface area contributed by atoms with Crippen molar-refractivity contribution >= 4 is 27.9 Å². The summed E-state index contributed by atoms with van der Waals surface area (Å²) in [5.74, 6) is 0.634. The number of anilines is 1. The van der Waals surface area contributed by atoms with Crippen LogP contribution in [0.1, 0.15) is 57.7 Å². The second kappa shape index (κ2) is 12.2. The monoisotopic (exact) mass is 615 g/mol. The minimum atomic E-state index is -0.188. The average molecular weight is 616 g/mol. The Morgan fingerprint density at radius 1 is 0.745 bits per heavy atom. The van der Waals surface area contributed by atoms with Gasteiger partial charge in [0.2, 0.25) is 5.69 Å². The number of hydrogen-bond acceptors (Lipinski definition) is 1. The van der Waals surface area contributed by atoms with Crippen molar-refractivity contribution < 1.29 is 4.58 Å². The predicted octanol–water partition coefficient (Wildman–Crippen LogP) is 11.0. The Balaban J connectivity index is 1.34. The summed E-state index contributed by atoms with van der Waals surface area (Å²) >= 11 is 0. The van der Waals surface area contributed by atoms with Crippen LogP contribution in [0.2, 0.25) is 0 Å². The van der Waals surface area contributed by atoms with Gasteiger partial charge in [-0.25, -0.2) is 0 Å². The SMILES string of the molecule is CC(C)CC[N+]1=C(C=CC=C2N(C)c3ccc(-c4ccccc4)cc3C2(C)Cc2ccccc2)C(C)(C)c2ccc3ccccc3c21. The van der Waals surface area contributed by atoms with Crippen LogP contribution in [0.15, 0.2) is 139 Å². The van der Waals surface area contributed by atoms with Crippen molar-refractivity contribution in [2.75, 3.05) is 18.5 Å². The van der Waals surface area contributed by atoms with E-state index in [1.807, 2.05) is 0 Å². The van der Waals surface area contributed by atoms with Crippen LogP contribution in [0, 0.1) is 5.92 Å². The lowest BCUT2D eigenvalue weighted by atomic mass is 9.75. The van der Waals surface area contributed by atoms with E-state index in [9.17, 15) is 0 Å². The highest BCUT2D eigenvalue weighted by Crippen LogP contribution is 2.50. The Labute approximate surface area is 281 Å². The number of benzene rings is 5. The third kappa shape index (κ3) is 5.44. The third-order valence-corrected chi connectivity index (χ3v) is 10.6. The molecule has 5 aromatic rings. The first-order chi connectivity index (χ1) is 22.7. The van der Waals surface area contributed by atoms with Crippen LogP contribution >= 0.6 is 0 Å². The minimum Gasteiger partial charge on any atom is -0.347 e. The van der Waals surface area contributed by atoms with Gasteiger partial charge in [-0.15, -0.1) is 0 Å². The molecule has 0 aliphatic carbocycles. The maximum absolute atomic E-state index is 2.62. The fourth-order valence-corrected chi connectivity index (χ4v) is 8.00. The van der Waals surface area contributed by atoms with Crippen LogP contribution in [-0.4, -0.2) is 23.9 Å². The van der Waals surface area contributed by atoms with Crippen LogP contribution in [0.3, 0.4) is 0 Å². The third-order valence-electron chi connectivity index (χ3n) is 10.6. The summed E-state index contributed by atoms with van der Waals surface area (Å²) in [6, 6.07) is 42.3. The van der Waals surface area contributed by atoms with Gasteiger partial charge >= 0.3 is 0 Å². The summed E-state index contributed by atoms with van der Waals surface area (Å²) in [4.78, 5) is 2.42. The van der Waals surface area contributed by atoms with Crippen molar-refractivity contribution in [2.24, 2.45) is 5.92 Å². The van der Waals surface area contributed by atoms with Crippen molar-refractivity contribution in [3.8, 4) is 11.1 Å². The first-order valence-electron chi connectivity index (χ1n) is 17.2. The van der Waals surface area contributed by atoms with E-state index in [2.05, 4.69) is 185 Å². The molecule has 5 aromatic carbocycles. The number of hydrogen-bond donors (Lipinski definition) is 0. The van der Waals surface area contributed by atoms with Gasteiger partial charge in [0.15, 0.2) is 5.71 Å². The van der Waals surface area contributed by atoms with Crippen molar-refractivity contribution in [3.63, 3.8) is 0 Å². The Morgan fingerprint density at radius 3 is 2.19 bits per heavy atom. The van der Waals surface area contributed by atoms with E-state index in [1.165, 1.54) is 61.4 Å². The van der Waals surface area contributed by atoms with E-state index in [0.717, 1.165) is 19.4 Å². The van der Waals surface area contributed by atoms with Crippen molar-refractivity contribution in [2.45, 2.75) is 58.3 Å². The highest BCUT2D eigenvalue weighted by Gasteiger charge is 2.46. The van der Waals surface area contributed by atoms with Crippen LogP contribution in [0.4, 0.5) is 11.4 Å². The summed E-state index contributed by atoms with van der Waals surface area (Å²) < 4.78 is 2.62. The zero-order valence-electron chi connectivity index (χ0n) is 28.8. The molecule has 2 heteroatoms. The summed E-state index contributed by atoms with van der Waals surface area (Å²) in [5, 5.41) is 2.65. The van der Waals surface area contributed by atoms with Crippen molar-refractivity contribution in [1.29, 1.82) is 0 Å². The van der Waals surface area contributed by atoms with E-state index >= 15 is 0 Å². The molecule has 1 unspecified atom stereocenters. The standard InChI is InChI=1S/C45H47N2/c1-32(2)28-29-47-41(44(3,4)38-26-24-35-20-13-14-21-37(35)43(38)47)22-15-23-42-45(5,31-33-16-9-7-10-17-33)39-30-36(25-27-40(39)46(42)6)34-18-11-8-12-19-34/h7-27,30,32H,28-29,31H2,1-6H3/q+1. The molecule has 0 saturated carbocycles. The van der Waals surface area contributed by atoms with E-state index in [0.29, 0.717) is 5.92 Å². The highest BCUT2D eigenvalue weighted by atomic mass is 15.2. The molecule has 2 aliphatic rings. The van der Waals surface area contributed by atoms with Gasteiger partial charge < -0.3 is 4.90 Å². The molecule has 2 nitrogen and oxygen atoms in total. The predicted molar refractivity (Wildman–Crippen MR) is 201 cm³/mol. The lowest BCUT2D eigenvalue weighted by Gasteiger charge is -2.29. The molecule has 0 saturated heterocycles. The normalized spacial score (nSPS) is 19.4. The summed E-state index contributed by atoms with van der Waals surface area (Å²) in [6.45, 7) is 12.9. The molecule has 0 spiro atoms. The van der Waals surface area contributed by atoms with Gasteiger partial charge in [0.25, 0.3) is 0 Å². The van der Waals surface area contributed by atoms with Gasteiger partial charge in [-0.3, -0.25) is 0 Å². The second-order valence-electron chi connectivity index (χ2n) is 14.6. The number of allylic oxidation sites excluding steroid dienone is 4. The molecule has 0 fully saturated rings. The maximum atomic E-state index is 2.62. The molecular weight excluding hydrogens is 569 g/mol. The van der Waals surface area contributed by atoms with Gasteiger partial charge in [-0.05, 0) is 85.0 Å². The summed E-state index contributed by atoms with van der Waals surface area (Å²) in [6.07, 6.45) is 9.19. The molecule has 0 radical (unpaired) electrons. The van der Waals surface area contributed by atoms with Gasteiger partial charge in [-0.1, -0.05) is 117 Å². The minimum absolute atomic E-state index is 0.103. The average Bonchev–Trinajstić information content (AvgIpc) is 3.43. The van der Waals surface area contributed by atoms with Gasteiger partial charge in [0.05, 0.1) is 10.8 Å². The van der Waals surface area contributed by atoms with E-state index in [4.69, 9.17) is 0 Å².